The fraction of sp³-hybridized carbons (Fsp3) is 0.538. The van der Waals surface area contributed by atoms with E-state index in [2.05, 4.69) is 18.7 Å². The van der Waals surface area contributed by atoms with E-state index in [0.29, 0.717) is 11.1 Å². The topological polar surface area (TPSA) is 89.4 Å². The summed E-state index contributed by atoms with van der Waals surface area (Å²) < 4.78 is 22.9. The van der Waals surface area contributed by atoms with Gasteiger partial charge in [-0.25, -0.2) is 13.6 Å². The van der Waals surface area contributed by atoms with Gasteiger partial charge in [0.1, 0.15) is 0 Å². The van der Waals surface area contributed by atoms with Crippen molar-refractivity contribution in [1.29, 1.82) is 0 Å². The third-order valence-corrected chi connectivity index (χ3v) is 4.62. The van der Waals surface area contributed by atoms with Crippen molar-refractivity contribution in [2.24, 2.45) is 10.6 Å². The third kappa shape index (κ3) is 3.39. The number of rotatable bonds is 2. The van der Waals surface area contributed by atoms with Crippen molar-refractivity contribution in [3.63, 3.8) is 0 Å². The summed E-state index contributed by atoms with van der Waals surface area (Å²) in [6.45, 7) is 6.31. The third-order valence-electron chi connectivity index (χ3n) is 3.72. The lowest BCUT2D eigenvalue weighted by atomic mass is 9.82. The molecule has 5 nitrogen and oxygen atoms in total. The summed E-state index contributed by atoms with van der Waals surface area (Å²) in [4.78, 5) is 2.24. The molecule has 0 aliphatic carbocycles. The number of hydrogen-bond donors (Lipinski definition) is 2. The highest BCUT2D eigenvalue weighted by Gasteiger charge is 2.26. The van der Waals surface area contributed by atoms with Gasteiger partial charge in [-0.2, -0.15) is 0 Å². The van der Waals surface area contributed by atoms with Crippen molar-refractivity contribution in [2.45, 2.75) is 31.6 Å². The maximum absolute atomic E-state index is 11.4. The second kappa shape index (κ2) is 4.68. The molecule has 1 aromatic carbocycles. The van der Waals surface area contributed by atoms with E-state index in [0.717, 1.165) is 31.6 Å². The van der Waals surface area contributed by atoms with Gasteiger partial charge < -0.3 is 10.6 Å². The molecule has 0 bridgehead atoms. The van der Waals surface area contributed by atoms with E-state index in [1.54, 1.807) is 12.1 Å². The molecule has 2 rings (SSSR count). The van der Waals surface area contributed by atoms with E-state index in [4.69, 9.17) is 10.9 Å². The first-order valence-corrected chi connectivity index (χ1v) is 7.90. The van der Waals surface area contributed by atoms with Crippen molar-refractivity contribution in [2.75, 3.05) is 23.7 Å². The summed E-state index contributed by atoms with van der Waals surface area (Å²) in [5, 5.41) is 5.17. The Labute approximate surface area is 114 Å². The van der Waals surface area contributed by atoms with E-state index in [9.17, 15) is 8.42 Å². The molecular formula is C13H21N3O2S. The Morgan fingerprint density at radius 2 is 1.74 bits per heavy atom. The van der Waals surface area contributed by atoms with Crippen molar-refractivity contribution >= 4 is 21.4 Å². The first kappa shape index (κ1) is 14.1. The van der Waals surface area contributed by atoms with Gasteiger partial charge in [0.05, 0.1) is 4.90 Å². The van der Waals surface area contributed by atoms with Crippen LogP contribution in [0.3, 0.4) is 0 Å². The summed E-state index contributed by atoms with van der Waals surface area (Å²) in [6.07, 6.45) is 2.15. The molecule has 106 valence electrons. The van der Waals surface area contributed by atoms with E-state index >= 15 is 0 Å². The minimum absolute atomic E-state index is 0.0762. The molecule has 1 aliphatic rings. The number of nitrogen functional groups attached to an aromatic ring is 1. The summed E-state index contributed by atoms with van der Waals surface area (Å²) in [5.41, 5.74) is 7.37. The SMILES string of the molecule is CC1(C)CCN(c2cc(N)cc(S(N)(=O)=O)c2)CC1. The molecule has 19 heavy (non-hydrogen) atoms. The average Bonchev–Trinajstić information content (AvgIpc) is 2.26. The number of primary sulfonamides is 1. The molecule has 0 spiro atoms. The number of nitrogens with two attached hydrogens (primary N) is 2. The number of benzene rings is 1. The van der Waals surface area contributed by atoms with E-state index < -0.39 is 10.0 Å². The van der Waals surface area contributed by atoms with Crippen molar-refractivity contribution in [3.8, 4) is 0 Å². The van der Waals surface area contributed by atoms with Crippen molar-refractivity contribution in [1.82, 2.24) is 0 Å². The molecular weight excluding hydrogens is 262 g/mol. The van der Waals surface area contributed by atoms with Crippen LogP contribution in [0.2, 0.25) is 0 Å². The quantitative estimate of drug-likeness (QED) is 0.806. The highest BCUT2D eigenvalue weighted by Crippen LogP contribution is 2.33. The highest BCUT2D eigenvalue weighted by molar-refractivity contribution is 7.89. The molecule has 0 atom stereocenters. The zero-order valence-corrected chi connectivity index (χ0v) is 12.2. The van der Waals surface area contributed by atoms with Crippen LogP contribution in [0.4, 0.5) is 11.4 Å². The number of nitrogens with zero attached hydrogens (tertiary/aromatic N) is 1. The molecule has 1 aliphatic heterocycles. The zero-order chi connectivity index (χ0) is 14.3. The Morgan fingerprint density at radius 3 is 2.26 bits per heavy atom. The van der Waals surface area contributed by atoms with Gasteiger partial charge in [0, 0.05) is 24.5 Å². The van der Waals surface area contributed by atoms with Crippen LogP contribution in [0.15, 0.2) is 23.1 Å². The molecule has 1 heterocycles. The van der Waals surface area contributed by atoms with E-state index in [-0.39, 0.29) is 4.90 Å². The number of hydrogen-bond acceptors (Lipinski definition) is 4. The summed E-state index contributed by atoms with van der Waals surface area (Å²) in [7, 11) is -3.72. The normalized spacial score (nSPS) is 19.4. The fourth-order valence-electron chi connectivity index (χ4n) is 2.32. The van der Waals surface area contributed by atoms with Crippen LogP contribution < -0.4 is 15.8 Å². The predicted octanol–water partition coefficient (Wildman–Crippen LogP) is 1.54. The minimum Gasteiger partial charge on any atom is -0.399 e. The van der Waals surface area contributed by atoms with Gasteiger partial charge in [-0.1, -0.05) is 13.8 Å². The van der Waals surface area contributed by atoms with Gasteiger partial charge in [0.25, 0.3) is 0 Å². The Hall–Kier alpha value is -1.27. The lowest BCUT2D eigenvalue weighted by Gasteiger charge is -2.38. The van der Waals surface area contributed by atoms with Crippen LogP contribution in [-0.2, 0) is 10.0 Å². The lowest BCUT2D eigenvalue weighted by Crippen LogP contribution is -2.37. The first-order chi connectivity index (χ1) is 8.67. The number of sulfonamides is 1. The molecule has 4 N–H and O–H groups in total. The van der Waals surface area contributed by atoms with E-state index in [1.165, 1.54) is 6.07 Å². The first-order valence-electron chi connectivity index (χ1n) is 6.36. The summed E-state index contributed by atoms with van der Waals surface area (Å²) >= 11 is 0. The number of piperidine rings is 1. The molecule has 0 amide bonds. The lowest BCUT2D eigenvalue weighted by molar-refractivity contribution is 0.280. The Bertz CT molecular complexity index is 572. The molecule has 1 aromatic rings. The van der Waals surface area contributed by atoms with Gasteiger partial charge in [-0.3, -0.25) is 0 Å². The van der Waals surface area contributed by atoms with Gasteiger partial charge >= 0.3 is 0 Å². The van der Waals surface area contributed by atoms with Crippen LogP contribution in [0.25, 0.3) is 0 Å². The Kier molecular flexibility index (Phi) is 3.49. The highest BCUT2D eigenvalue weighted by atomic mass is 32.2. The molecule has 1 fully saturated rings. The maximum Gasteiger partial charge on any atom is 0.238 e. The Balaban J connectivity index is 2.29. The monoisotopic (exact) mass is 283 g/mol. The smallest absolute Gasteiger partial charge is 0.238 e. The molecule has 0 aromatic heterocycles. The average molecular weight is 283 g/mol. The largest absolute Gasteiger partial charge is 0.399 e. The minimum atomic E-state index is -3.72. The van der Waals surface area contributed by atoms with Crippen LogP contribution in [0.1, 0.15) is 26.7 Å². The van der Waals surface area contributed by atoms with Crippen LogP contribution in [0, 0.1) is 5.41 Å². The van der Waals surface area contributed by atoms with Crippen molar-refractivity contribution < 1.29 is 8.42 Å². The maximum atomic E-state index is 11.4. The van der Waals surface area contributed by atoms with Crippen LogP contribution >= 0.6 is 0 Å². The zero-order valence-electron chi connectivity index (χ0n) is 11.4. The number of anilines is 2. The van der Waals surface area contributed by atoms with Gasteiger partial charge in [0.2, 0.25) is 10.0 Å². The molecule has 1 saturated heterocycles. The van der Waals surface area contributed by atoms with Crippen LogP contribution in [0.5, 0.6) is 0 Å². The van der Waals surface area contributed by atoms with Crippen LogP contribution in [-0.4, -0.2) is 21.5 Å². The summed E-state index contributed by atoms with van der Waals surface area (Å²) in [5.74, 6) is 0. The second-order valence-electron chi connectivity index (χ2n) is 5.96. The molecule has 0 saturated carbocycles. The van der Waals surface area contributed by atoms with Gasteiger partial charge in [-0.05, 0) is 36.5 Å². The fourth-order valence-corrected chi connectivity index (χ4v) is 2.91. The van der Waals surface area contributed by atoms with Gasteiger partial charge in [0.15, 0.2) is 0 Å². The van der Waals surface area contributed by atoms with E-state index in [1.807, 2.05) is 0 Å². The predicted molar refractivity (Wildman–Crippen MR) is 77.5 cm³/mol. The summed E-state index contributed by atoms with van der Waals surface area (Å²) in [6, 6.07) is 4.80. The Morgan fingerprint density at radius 1 is 1.16 bits per heavy atom. The standard InChI is InChI=1S/C13H21N3O2S/c1-13(2)3-5-16(6-4-13)11-7-10(14)8-12(9-11)19(15,17)18/h7-9H,3-6,14H2,1-2H3,(H2,15,17,18). The second-order valence-corrected chi connectivity index (χ2v) is 7.52. The molecule has 0 unspecified atom stereocenters. The van der Waals surface area contributed by atoms with Crippen molar-refractivity contribution in [3.05, 3.63) is 18.2 Å². The molecule has 6 heteroatoms. The van der Waals surface area contributed by atoms with Gasteiger partial charge in [-0.15, -0.1) is 0 Å². The molecule has 0 radical (unpaired) electrons.